The standard InChI is InChI=1S/C17H17NO4/c19-15(13-7-8-14(22-13)16(20)21)18-11-17(9-4-10-17)12-5-2-1-3-6-12/h1-3,5-8H,4,9-11H2,(H,18,19)(H,20,21). The summed E-state index contributed by atoms with van der Waals surface area (Å²) in [7, 11) is 0. The van der Waals surface area contributed by atoms with Gasteiger partial charge >= 0.3 is 5.97 Å². The number of hydrogen-bond acceptors (Lipinski definition) is 3. The molecular weight excluding hydrogens is 282 g/mol. The smallest absolute Gasteiger partial charge is 0.371 e. The SMILES string of the molecule is O=C(O)c1ccc(C(=O)NCC2(c3ccccc3)CCC2)o1. The van der Waals surface area contributed by atoms with Gasteiger partial charge < -0.3 is 14.8 Å². The van der Waals surface area contributed by atoms with Gasteiger partial charge in [-0.1, -0.05) is 36.8 Å². The average Bonchev–Trinajstić information content (AvgIpc) is 2.97. The molecule has 22 heavy (non-hydrogen) atoms. The Bertz CT molecular complexity index is 686. The van der Waals surface area contributed by atoms with Crippen molar-refractivity contribution < 1.29 is 19.1 Å². The Morgan fingerprint density at radius 2 is 1.77 bits per heavy atom. The highest BCUT2D eigenvalue weighted by molar-refractivity contribution is 5.93. The van der Waals surface area contributed by atoms with E-state index in [1.807, 2.05) is 18.2 Å². The second kappa shape index (κ2) is 5.67. The minimum atomic E-state index is -1.18. The molecule has 3 rings (SSSR count). The van der Waals surface area contributed by atoms with Gasteiger partial charge in [0.1, 0.15) is 0 Å². The van der Waals surface area contributed by atoms with Gasteiger partial charge in [-0.15, -0.1) is 0 Å². The van der Waals surface area contributed by atoms with Crippen LogP contribution in [0.15, 0.2) is 46.9 Å². The van der Waals surface area contributed by atoms with E-state index in [2.05, 4.69) is 17.4 Å². The number of furan rings is 1. The molecule has 1 amide bonds. The lowest BCUT2D eigenvalue weighted by Gasteiger charge is -2.42. The summed E-state index contributed by atoms with van der Waals surface area (Å²) in [6.07, 6.45) is 3.22. The van der Waals surface area contributed by atoms with Crippen LogP contribution >= 0.6 is 0 Å². The first kappa shape index (κ1) is 14.4. The van der Waals surface area contributed by atoms with Crippen molar-refractivity contribution in [2.75, 3.05) is 6.54 Å². The average molecular weight is 299 g/mol. The molecule has 1 aromatic carbocycles. The summed E-state index contributed by atoms with van der Waals surface area (Å²) in [6, 6.07) is 12.8. The second-order valence-electron chi connectivity index (χ2n) is 5.65. The van der Waals surface area contributed by atoms with Gasteiger partial charge in [0.05, 0.1) is 0 Å². The lowest BCUT2D eigenvalue weighted by atomic mass is 9.64. The van der Waals surface area contributed by atoms with Crippen molar-refractivity contribution in [1.29, 1.82) is 0 Å². The molecular formula is C17H17NO4. The highest BCUT2D eigenvalue weighted by Crippen LogP contribution is 2.43. The highest BCUT2D eigenvalue weighted by atomic mass is 16.4. The molecule has 1 aliphatic rings. The first-order valence-corrected chi connectivity index (χ1v) is 7.28. The lowest BCUT2D eigenvalue weighted by molar-refractivity contribution is 0.0659. The molecule has 1 aromatic heterocycles. The third-order valence-corrected chi connectivity index (χ3v) is 4.32. The van der Waals surface area contributed by atoms with E-state index in [4.69, 9.17) is 9.52 Å². The largest absolute Gasteiger partial charge is 0.475 e. The maximum absolute atomic E-state index is 12.1. The van der Waals surface area contributed by atoms with Crippen molar-refractivity contribution in [2.24, 2.45) is 0 Å². The Hall–Kier alpha value is -2.56. The summed E-state index contributed by atoms with van der Waals surface area (Å²) < 4.78 is 5.02. The first-order valence-electron chi connectivity index (χ1n) is 7.28. The van der Waals surface area contributed by atoms with E-state index in [9.17, 15) is 9.59 Å². The fourth-order valence-corrected chi connectivity index (χ4v) is 2.87. The lowest BCUT2D eigenvalue weighted by Crippen LogP contribution is -2.45. The van der Waals surface area contributed by atoms with Gasteiger partial charge in [-0.2, -0.15) is 0 Å². The molecule has 1 saturated carbocycles. The molecule has 1 heterocycles. The van der Waals surface area contributed by atoms with Crippen molar-refractivity contribution in [2.45, 2.75) is 24.7 Å². The molecule has 0 radical (unpaired) electrons. The number of carbonyl (C=O) groups excluding carboxylic acids is 1. The van der Waals surface area contributed by atoms with Crippen molar-refractivity contribution in [1.82, 2.24) is 5.32 Å². The van der Waals surface area contributed by atoms with Crippen molar-refractivity contribution in [3.63, 3.8) is 0 Å². The van der Waals surface area contributed by atoms with Gasteiger partial charge in [-0.3, -0.25) is 4.79 Å². The summed E-state index contributed by atoms with van der Waals surface area (Å²) >= 11 is 0. The van der Waals surface area contributed by atoms with Crippen LogP contribution in [0.25, 0.3) is 0 Å². The first-order chi connectivity index (χ1) is 10.6. The molecule has 2 N–H and O–H groups in total. The van der Waals surface area contributed by atoms with Crippen LogP contribution in [0.4, 0.5) is 0 Å². The Labute approximate surface area is 127 Å². The number of amides is 1. The Balaban J connectivity index is 1.68. The molecule has 1 fully saturated rings. The minimum absolute atomic E-state index is 0.0147. The topological polar surface area (TPSA) is 79.5 Å². The zero-order valence-electron chi connectivity index (χ0n) is 12.0. The van der Waals surface area contributed by atoms with Gasteiger partial charge in [-0.25, -0.2) is 4.79 Å². The number of carboxylic acids is 1. The summed E-state index contributed by atoms with van der Waals surface area (Å²) in [5.74, 6) is -1.76. The maximum atomic E-state index is 12.1. The van der Waals surface area contributed by atoms with Crippen LogP contribution in [0.1, 0.15) is 45.9 Å². The summed E-state index contributed by atoms with van der Waals surface area (Å²) in [4.78, 5) is 22.9. The number of rotatable bonds is 5. The molecule has 0 unspecified atom stereocenters. The van der Waals surface area contributed by atoms with E-state index in [0.29, 0.717) is 6.54 Å². The molecule has 0 bridgehead atoms. The van der Waals surface area contributed by atoms with Gasteiger partial charge in [-0.05, 0) is 30.5 Å². The van der Waals surface area contributed by atoms with E-state index in [0.717, 1.165) is 19.3 Å². The van der Waals surface area contributed by atoms with Crippen LogP contribution in [-0.4, -0.2) is 23.5 Å². The summed E-state index contributed by atoms with van der Waals surface area (Å²) in [5, 5.41) is 11.7. The molecule has 5 heteroatoms. The molecule has 5 nitrogen and oxygen atoms in total. The maximum Gasteiger partial charge on any atom is 0.371 e. The van der Waals surface area contributed by atoms with Crippen LogP contribution in [0.2, 0.25) is 0 Å². The van der Waals surface area contributed by atoms with E-state index in [-0.39, 0.29) is 22.8 Å². The van der Waals surface area contributed by atoms with Crippen molar-refractivity contribution in [3.8, 4) is 0 Å². The zero-order chi connectivity index (χ0) is 15.6. The molecule has 0 aliphatic heterocycles. The Morgan fingerprint density at radius 3 is 2.32 bits per heavy atom. The van der Waals surface area contributed by atoms with E-state index >= 15 is 0 Å². The summed E-state index contributed by atoms with van der Waals surface area (Å²) in [5.41, 5.74) is 1.21. The second-order valence-corrected chi connectivity index (χ2v) is 5.65. The minimum Gasteiger partial charge on any atom is -0.475 e. The fourth-order valence-electron chi connectivity index (χ4n) is 2.87. The zero-order valence-corrected chi connectivity index (χ0v) is 12.0. The van der Waals surface area contributed by atoms with E-state index in [1.165, 1.54) is 17.7 Å². The van der Waals surface area contributed by atoms with Crippen molar-refractivity contribution >= 4 is 11.9 Å². The molecule has 2 aromatic rings. The molecule has 1 aliphatic carbocycles. The number of hydrogen-bond donors (Lipinski definition) is 2. The number of carbonyl (C=O) groups is 2. The number of nitrogens with one attached hydrogen (secondary N) is 1. The Kier molecular flexibility index (Phi) is 3.71. The van der Waals surface area contributed by atoms with Gasteiger partial charge in [0.25, 0.3) is 5.91 Å². The predicted molar refractivity (Wildman–Crippen MR) is 80.0 cm³/mol. The third kappa shape index (κ3) is 2.62. The van der Waals surface area contributed by atoms with Crippen LogP contribution in [0.3, 0.4) is 0 Å². The van der Waals surface area contributed by atoms with Gasteiger partial charge in [0.2, 0.25) is 5.76 Å². The predicted octanol–water partition coefficient (Wildman–Crippen LogP) is 2.83. The van der Waals surface area contributed by atoms with Gasteiger partial charge in [0.15, 0.2) is 5.76 Å². The molecule has 0 atom stereocenters. The normalized spacial score (nSPS) is 15.8. The van der Waals surface area contributed by atoms with Crippen LogP contribution in [0.5, 0.6) is 0 Å². The van der Waals surface area contributed by atoms with E-state index in [1.54, 1.807) is 0 Å². The van der Waals surface area contributed by atoms with Crippen molar-refractivity contribution in [3.05, 3.63) is 59.5 Å². The molecule has 114 valence electrons. The fraction of sp³-hybridized carbons (Fsp3) is 0.294. The summed E-state index contributed by atoms with van der Waals surface area (Å²) in [6.45, 7) is 0.527. The monoisotopic (exact) mass is 299 g/mol. The van der Waals surface area contributed by atoms with Crippen LogP contribution < -0.4 is 5.32 Å². The third-order valence-electron chi connectivity index (χ3n) is 4.32. The highest BCUT2D eigenvalue weighted by Gasteiger charge is 2.38. The van der Waals surface area contributed by atoms with Crippen LogP contribution in [0, 0.1) is 0 Å². The molecule has 0 saturated heterocycles. The van der Waals surface area contributed by atoms with E-state index < -0.39 is 5.97 Å². The van der Waals surface area contributed by atoms with Gasteiger partial charge in [0, 0.05) is 12.0 Å². The number of aromatic carboxylic acids is 1. The molecule has 0 spiro atoms. The van der Waals surface area contributed by atoms with Crippen LogP contribution in [-0.2, 0) is 5.41 Å². The number of carboxylic acid groups (broad SMARTS) is 1. The number of benzene rings is 1. The quantitative estimate of drug-likeness (QED) is 0.889. The Morgan fingerprint density at radius 1 is 1.09 bits per heavy atom.